The molecule has 0 saturated heterocycles. The SMILES string of the molecule is COC(=O)COc1c(-c2c(OCC(=O)OC)c3ccccc3c3ccccc23)c2ccccc2c2ccccc12. The Morgan fingerprint density at radius 2 is 0.725 bits per heavy atom. The van der Waals surface area contributed by atoms with Gasteiger partial charge in [-0.2, -0.15) is 0 Å². The van der Waals surface area contributed by atoms with Gasteiger partial charge in [0.2, 0.25) is 0 Å². The average Bonchev–Trinajstić information content (AvgIpc) is 3.02. The number of hydrogen-bond donors (Lipinski definition) is 0. The maximum absolute atomic E-state index is 12.3. The average molecular weight is 531 g/mol. The minimum Gasteiger partial charge on any atom is -0.481 e. The molecule has 40 heavy (non-hydrogen) atoms. The predicted octanol–water partition coefficient (Wildman–Crippen LogP) is 7.07. The third-order valence-electron chi connectivity index (χ3n) is 7.14. The van der Waals surface area contributed by atoms with E-state index in [2.05, 4.69) is 12.1 Å². The lowest BCUT2D eigenvalue weighted by Gasteiger charge is -2.23. The second kappa shape index (κ2) is 10.6. The van der Waals surface area contributed by atoms with Crippen LogP contribution in [0.25, 0.3) is 54.2 Å². The highest BCUT2D eigenvalue weighted by Gasteiger charge is 2.25. The lowest BCUT2D eigenvalue weighted by atomic mass is 9.87. The van der Waals surface area contributed by atoms with Gasteiger partial charge in [0.15, 0.2) is 13.2 Å². The third kappa shape index (κ3) is 4.24. The van der Waals surface area contributed by atoms with Crippen LogP contribution >= 0.6 is 0 Å². The summed E-state index contributed by atoms with van der Waals surface area (Å²) in [5.41, 5.74) is 1.53. The van der Waals surface area contributed by atoms with E-state index in [1.54, 1.807) is 0 Å². The molecular weight excluding hydrogens is 504 g/mol. The topological polar surface area (TPSA) is 71.1 Å². The Balaban J connectivity index is 1.81. The van der Waals surface area contributed by atoms with E-state index < -0.39 is 11.9 Å². The van der Waals surface area contributed by atoms with Gasteiger partial charge >= 0.3 is 11.9 Å². The Morgan fingerprint density at radius 1 is 0.450 bits per heavy atom. The van der Waals surface area contributed by atoms with Crippen molar-refractivity contribution >= 4 is 55.0 Å². The molecule has 6 nitrogen and oxygen atoms in total. The standard InChI is InChI=1S/C34H26O6/c1-37-29(35)19-39-33-27-17-9-5-13-23(27)21-11-3-7-15-25(21)31(33)32-26-16-8-4-12-22(26)24-14-6-10-18-28(24)34(32)40-20-30(36)38-2/h3-18H,19-20H2,1-2H3. The van der Waals surface area contributed by atoms with Crippen LogP contribution in [-0.2, 0) is 19.1 Å². The van der Waals surface area contributed by atoms with Crippen molar-refractivity contribution in [3.63, 3.8) is 0 Å². The van der Waals surface area contributed by atoms with E-state index in [0.717, 1.165) is 54.2 Å². The summed E-state index contributed by atoms with van der Waals surface area (Å²) >= 11 is 0. The molecule has 198 valence electrons. The maximum Gasteiger partial charge on any atom is 0.343 e. The summed E-state index contributed by atoms with van der Waals surface area (Å²) in [4.78, 5) is 24.5. The molecule has 0 heterocycles. The highest BCUT2D eigenvalue weighted by Crippen LogP contribution is 2.51. The van der Waals surface area contributed by atoms with Gasteiger partial charge in [0.05, 0.1) is 14.2 Å². The highest BCUT2D eigenvalue weighted by molar-refractivity contribution is 6.25. The first kappa shape index (κ1) is 25.2. The van der Waals surface area contributed by atoms with Crippen LogP contribution < -0.4 is 9.47 Å². The minimum absolute atomic E-state index is 0.268. The Morgan fingerprint density at radius 3 is 1.05 bits per heavy atom. The van der Waals surface area contributed by atoms with Crippen LogP contribution in [0, 0.1) is 0 Å². The van der Waals surface area contributed by atoms with Crippen LogP contribution in [0.2, 0.25) is 0 Å². The van der Waals surface area contributed by atoms with Gasteiger partial charge in [0, 0.05) is 21.9 Å². The zero-order valence-corrected chi connectivity index (χ0v) is 22.1. The van der Waals surface area contributed by atoms with Gasteiger partial charge < -0.3 is 18.9 Å². The fourth-order valence-corrected chi connectivity index (χ4v) is 5.39. The third-order valence-corrected chi connectivity index (χ3v) is 7.14. The normalized spacial score (nSPS) is 11.2. The second-order valence-corrected chi connectivity index (χ2v) is 9.32. The molecule has 0 amide bonds. The van der Waals surface area contributed by atoms with E-state index in [0.29, 0.717) is 11.5 Å². The monoisotopic (exact) mass is 530 g/mol. The smallest absolute Gasteiger partial charge is 0.343 e. The van der Waals surface area contributed by atoms with E-state index in [1.807, 2.05) is 84.9 Å². The molecular formula is C34H26O6. The van der Waals surface area contributed by atoms with Gasteiger partial charge in [-0.25, -0.2) is 9.59 Å². The number of ether oxygens (including phenoxy) is 4. The second-order valence-electron chi connectivity index (χ2n) is 9.32. The quantitative estimate of drug-likeness (QED) is 0.162. The molecule has 0 atom stereocenters. The molecule has 0 aliphatic carbocycles. The van der Waals surface area contributed by atoms with Gasteiger partial charge in [-0.15, -0.1) is 0 Å². The van der Waals surface area contributed by atoms with Crippen LogP contribution in [0.1, 0.15) is 0 Å². The van der Waals surface area contributed by atoms with Crippen LogP contribution in [-0.4, -0.2) is 39.4 Å². The van der Waals surface area contributed by atoms with Gasteiger partial charge in [-0.3, -0.25) is 0 Å². The molecule has 0 aliphatic rings. The van der Waals surface area contributed by atoms with Crippen LogP contribution in [0.3, 0.4) is 0 Å². The molecule has 0 aliphatic heterocycles. The Bertz CT molecular complexity index is 1780. The number of hydrogen-bond acceptors (Lipinski definition) is 6. The maximum atomic E-state index is 12.3. The van der Waals surface area contributed by atoms with E-state index in [-0.39, 0.29) is 13.2 Å². The first-order valence-electron chi connectivity index (χ1n) is 12.9. The molecule has 0 fully saturated rings. The molecule has 0 N–H and O–H groups in total. The molecule has 0 saturated carbocycles. The highest BCUT2D eigenvalue weighted by atomic mass is 16.6. The first-order chi connectivity index (χ1) is 19.6. The summed E-state index contributed by atoms with van der Waals surface area (Å²) in [5, 5.41) is 7.55. The van der Waals surface area contributed by atoms with Crippen LogP contribution in [0.5, 0.6) is 11.5 Å². The molecule has 6 rings (SSSR count). The first-order valence-corrected chi connectivity index (χ1v) is 12.9. The number of esters is 2. The van der Waals surface area contributed by atoms with Gasteiger partial charge in [-0.05, 0) is 32.3 Å². The van der Waals surface area contributed by atoms with Crippen molar-refractivity contribution in [1.29, 1.82) is 0 Å². The number of carbonyl (C=O) groups is 2. The summed E-state index contributed by atoms with van der Waals surface area (Å²) in [7, 11) is 2.67. The number of rotatable bonds is 7. The fraction of sp³-hybridized carbons (Fsp3) is 0.118. The molecule has 0 aromatic heterocycles. The van der Waals surface area contributed by atoms with Gasteiger partial charge in [0.1, 0.15) is 11.5 Å². The molecule has 6 heteroatoms. The van der Waals surface area contributed by atoms with Crippen molar-refractivity contribution < 1.29 is 28.5 Å². The Labute approximate surface area is 230 Å². The number of fused-ring (bicyclic) bond motifs is 6. The lowest BCUT2D eigenvalue weighted by Crippen LogP contribution is -2.14. The van der Waals surface area contributed by atoms with E-state index >= 15 is 0 Å². The molecule has 0 unspecified atom stereocenters. The van der Waals surface area contributed by atoms with Crippen LogP contribution in [0.15, 0.2) is 97.1 Å². The van der Waals surface area contributed by atoms with E-state index in [9.17, 15) is 9.59 Å². The lowest BCUT2D eigenvalue weighted by molar-refractivity contribution is -0.143. The van der Waals surface area contributed by atoms with Crippen molar-refractivity contribution in [2.75, 3.05) is 27.4 Å². The Kier molecular flexibility index (Phi) is 6.66. The summed E-state index contributed by atoms with van der Waals surface area (Å²) in [5.74, 6) is 0.0774. The van der Waals surface area contributed by atoms with Crippen LogP contribution in [0.4, 0.5) is 0 Å². The number of benzene rings is 6. The molecule has 6 aromatic rings. The van der Waals surface area contributed by atoms with Gasteiger partial charge in [0.25, 0.3) is 0 Å². The summed E-state index contributed by atoms with van der Waals surface area (Å²) < 4.78 is 22.4. The van der Waals surface area contributed by atoms with Crippen molar-refractivity contribution in [2.45, 2.75) is 0 Å². The summed E-state index contributed by atoms with van der Waals surface area (Å²) in [6.45, 7) is -0.536. The van der Waals surface area contributed by atoms with E-state index in [1.165, 1.54) is 14.2 Å². The molecule has 0 bridgehead atoms. The summed E-state index contributed by atoms with van der Waals surface area (Å²) in [6, 6.07) is 32.1. The zero-order chi connectivity index (χ0) is 27.6. The number of methoxy groups -OCH3 is 2. The van der Waals surface area contributed by atoms with Crippen molar-refractivity contribution in [2.24, 2.45) is 0 Å². The van der Waals surface area contributed by atoms with Gasteiger partial charge in [-0.1, -0.05) is 97.1 Å². The van der Waals surface area contributed by atoms with Crippen molar-refractivity contribution in [1.82, 2.24) is 0 Å². The zero-order valence-electron chi connectivity index (χ0n) is 22.1. The molecule has 0 radical (unpaired) electrons. The van der Waals surface area contributed by atoms with Crippen molar-refractivity contribution in [3.8, 4) is 22.6 Å². The van der Waals surface area contributed by atoms with Crippen molar-refractivity contribution in [3.05, 3.63) is 97.1 Å². The largest absolute Gasteiger partial charge is 0.481 e. The fourth-order valence-electron chi connectivity index (χ4n) is 5.39. The molecule has 0 spiro atoms. The number of carbonyl (C=O) groups excluding carboxylic acids is 2. The predicted molar refractivity (Wildman–Crippen MR) is 157 cm³/mol. The summed E-state index contributed by atoms with van der Waals surface area (Å²) in [6.07, 6.45) is 0. The van der Waals surface area contributed by atoms with E-state index in [4.69, 9.17) is 18.9 Å². The minimum atomic E-state index is -0.492. The molecule has 6 aromatic carbocycles. The Hall–Kier alpha value is -5.10.